The van der Waals surface area contributed by atoms with Gasteiger partial charge in [-0.3, -0.25) is 9.69 Å². The van der Waals surface area contributed by atoms with Crippen molar-refractivity contribution in [1.82, 2.24) is 4.98 Å². The lowest BCUT2D eigenvalue weighted by Crippen LogP contribution is -2.31. The number of benzene rings is 3. The summed E-state index contributed by atoms with van der Waals surface area (Å²) in [6.45, 7) is 0.345. The second-order valence-corrected chi connectivity index (χ2v) is 8.91. The molecule has 0 radical (unpaired) electrons. The van der Waals surface area contributed by atoms with E-state index in [1.165, 1.54) is 11.3 Å². The second kappa shape index (κ2) is 8.05. The molecule has 0 saturated heterocycles. The van der Waals surface area contributed by atoms with Crippen LogP contribution in [0.5, 0.6) is 0 Å². The summed E-state index contributed by atoms with van der Waals surface area (Å²) < 4.78 is 7.54. The smallest absolute Gasteiger partial charge is 0.233 e. The third-order valence-electron chi connectivity index (χ3n) is 4.99. The van der Waals surface area contributed by atoms with Crippen molar-refractivity contribution in [2.75, 3.05) is 4.90 Å². The molecule has 4 nitrogen and oxygen atoms in total. The summed E-state index contributed by atoms with van der Waals surface area (Å²) in [5.41, 5.74) is 1.88. The molecule has 6 heteroatoms. The van der Waals surface area contributed by atoms with Crippen molar-refractivity contribution < 1.29 is 9.21 Å². The van der Waals surface area contributed by atoms with Gasteiger partial charge in [0.05, 0.1) is 29.4 Å². The van der Waals surface area contributed by atoms with E-state index in [1.54, 1.807) is 11.2 Å². The summed E-state index contributed by atoms with van der Waals surface area (Å²) in [6, 6.07) is 23.9. The standard InChI is InChI=1S/C24H17BrN2O2S/c25-18-10-11-21-22(14-18)30-24(26-21)27(15-19-8-4-12-29-19)23(28)13-17-7-3-6-16-5-1-2-9-20(16)17/h1-12,14H,13,15H2. The van der Waals surface area contributed by atoms with E-state index in [2.05, 4.69) is 34.1 Å². The number of thiazole rings is 1. The molecule has 30 heavy (non-hydrogen) atoms. The van der Waals surface area contributed by atoms with Crippen LogP contribution in [0.3, 0.4) is 0 Å². The van der Waals surface area contributed by atoms with Crippen LogP contribution in [0, 0.1) is 0 Å². The number of fused-ring (bicyclic) bond motifs is 2. The summed E-state index contributed by atoms with van der Waals surface area (Å²) in [5.74, 6) is 0.711. The number of amides is 1. The Labute approximate surface area is 185 Å². The van der Waals surface area contributed by atoms with Gasteiger partial charge in [-0.15, -0.1) is 0 Å². The number of aromatic nitrogens is 1. The first-order chi connectivity index (χ1) is 14.7. The Hall–Kier alpha value is -2.96. The highest BCUT2D eigenvalue weighted by Gasteiger charge is 2.22. The number of furan rings is 1. The molecule has 2 heterocycles. The lowest BCUT2D eigenvalue weighted by Gasteiger charge is -2.19. The van der Waals surface area contributed by atoms with Gasteiger partial charge in [0.2, 0.25) is 5.91 Å². The zero-order valence-corrected chi connectivity index (χ0v) is 18.3. The van der Waals surface area contributed by atoms with Gasteiger partial charge in [-0.05, 0) is 46.7 Å². The molecule has 2 aromatic heterocycles. The molecular formula is C24H17BrN2O2S. The number of halogens is 1. The summed E-state index contributed by atoms with van der Waals surface area (Å²) in [5, 5.41) is 2.90. The number of rotatable bonds is 5. The van der Waals surface area contributed by atoms with E-state index in [1.807, 2.05) is 54.6 Å². The average molecular weight is 477 g/mol. The van der Waals surface area contributed by atoms with Crippen molar-refractivity contribution in [3.05, 3.63) is 94.9 Å². The molecule has 5 aromatic rings. The van der Waals surface area contributed by atoms with E-state index >= 15 is 0 Å². The number of anilines is 1. The number of nitrogens with zero attached hydrogens (tertiary/aromatic N) is 2. The third-order valence-corrected chi connectivity index (χ3v) is 6.52. The van der Waals surface area contributed by atoms with Crippen LogP contribution < -0.4 is 4.90 Å². The number of carbonyl (C=O) groups excluding carboxylic acids is 1. The molecule has 1 amide bonds. The fourth-order valence-corrected chi connectivity index (χ4v) is 5.06. The molecule has 0 aliphatic carbocycles. The Morgan fingerprint density at radius 2 is 1.90 bits per heavy atom. The van der Waals surface area contributed by atoms with Gasteiger partial charge in [-0.2, -0.15) is 0 Å². The lowest BCUT2D eigenvalue weighted by molar-refractivity contribution is -0.118. The minimum absolute atomic E-state index is 0.0131. The molecule has 0 fully saturated rings. The quantitative estimate of drug-likeness (QED) is 0.287. The molecule has 0 saturated carbocycles. The fourth-order valence-electron chi connectivity index (χ4n) is 3.53. The van der Waals surface area contributed by atoms with E-state index in [0.29, 0.717) is 18.1 Å². The van der Waals surface area contributed by atoms with Gasteiger partial charge in [0.15, 0.2) is 5.13 Å². The van der Waals surface area contributed by atoms with Crippen molar-refractivity contribution in [3.63, 3.8) is 0 Å². The number of carbonyl (C=O) groups is 1. The average Bonchev–Trinajstić information content (AvgIpc) is 3.41. The minimum Gasteiger partial charge on any atom is -0.467 e. The Balaban J connectivity index is 1.52. The SMILES string of the molecule is O=C(Cc1cccc2ccccc12)N(Cc1ccco1)c1nc2ccc(Br)cc2s1. The van der Waals surface area contributed by atoms with E-state index < -0.39 is 0 Å². The predicted molar refractivity (Wildman–Crippen MR) is 125 cm³/mol. The molecule has 0 aliphatic rings. The van der Waals surface area contributed by atoms with Crippen molar-refractivity contribution in [2.45, 2.75) is 13.0 Å². The van der Waals surface area contributed by atoms with Gasteiger partial charge >= 0.3 is 0 Å². The molecule has 0 spiro atoms. The lowest BCUT2D eigenvalue weighted by atomic mass is 10.0. The third kappa shape index (κ3) is 3.76. The van der Waals surface area contributed by atoms with Crippen LogP contribution in [0.4, 0.5) is 5.13 Å². The zero-order valence-electron chi connectivity index (χ0n) is 15.9. The maximum absolute atomic E-state index is 13.5. The van der Waals surface area contributed by atoms with Crippen LogP contribution in [-0.2, 0) is 17.8 Å². The van der Waals surface area contributed by atoms with Gasteiger partial charge in [-0.1, -0.05) is 69.7 Å². The maximum Gasteiger partial charge on any atom is 0.233 e. The van der Waals surface area contributed by atoms with Crippen LogP contribution in [0.25, 0.3) is 21.0 Å². The number of hydrogen-bond donors (Lipinski definition) is 0. The zero-order chi connectivity index (χ0) is 20.5. The van der Waals surface area contributed by atoms with Crippen molar-refractivity contribution in [2.24, 2.45) is 0 Å². The molecule has 5 rings (SSSR count). The van der Waals surface area contributed by atoms with Crippen LogP contribution >= 0.6 is 27.3 Å². The van der Waals surface area contributed by atoms with Crippen LogP contribution in [0.15, 0.2) is 87.9 Å². The second-order valence-electron chi connectivity index (χ2n) is 6.98. The van der Waals surface area contributed by atoms with Gasteiger partial charge < -0.3 is 4.42 Å². The molecule has 0 atom stereocenters. The van der Waals surface area contributed by atoms with Crippen molar-refractivity contribution >= 4 is 59.3 Å². The minimum atomic E-state index is -0.0131. The summed E-state index contributed by atoms with van der Waals surface area (Å²) in [4.78, 5) is 19.9. The molecule has 3 aromatic carbocycles. The fraction of sp³-hybridized carbons (Fsp3) is 0.0833. The van der Waals surface area contributed by atoms with Crippen LogP contribution in [0.1, 0.15) is 11.3 Å². The predicted octanol–water partition coefficient (Wildman–Crippen LogP) is 6.58. The van der Waals surface area contributed by atoms with E-state index in [-0.39, 0.29) is 5.91 Å². The topological polar surface area (TPSA) is 46.3 Å². The summed E-state index contributed by atoms with van der Waals surface area (Å²) in [6.07, 6.45) is 1.92. The van der Waals surface area contributed by atoms with Crippen LogP contribution in [-0.4, -0.2) is 10.9 Å². The first-order valence-corrected chi connectivity index (χ1v) is 11.1. The first-order valence-electron chi connectivity index (χ1n) is 9.53. The van der Waals surface area contributed by atoms with Gasteiger partial charge in [-0.25, -0.2) is 4.98 Å². The van der Waals surface area contributed by atoms with E-state index in [9.17, 15) is 4.79 Å². The molecule has 148 valence electrons. The maximum atomic E-state index is 13.5. The Morgan fingerprint density at radius 1 is 1.03 bits per heavy atom. The van der Waals surface area contributed by atoms with Gasteiger partial charge in [0.1, 0.15) is 5.76 Å². The highest BCUT2D eigenvalue weighted by molar-refractivity contribution is 9.10. The molecule has 0 aliphatic heterocycles. The normalized spacial score (nSPS) is 11.2. The summed E-state index contributed by atoms with van der Waals surface area (Å²) in [7, 11) is 0. The Morgan fingerprint density at radius 3 is 2.77 bits per heavy atom. The van der Waals surface area contributed by atoms with Crippen molar-refractivity contribution in [1.29, 1.82) is 0 Å². The highest BCUT2D eigenvalue weighted by Crippen LogP contribution is 2.32. The van der Waals surface area contributed by atoms with Gasteiger partial charge in [0.25, 0.3) is 0 Å². The van der Waals surface area contributed by atoms with Crippen molar-refractivity contribution in [3.8, 4) is 0 Å². The molecule has 0 unspecified atom stereocenters. The molecular weight excluding hydrogens is 460 g/mol. The molecule has 0 bridgehead atoms. The van der Waals surface area contributed by atoms with E-state index in [4.69, 9.17) is 9.40 Å². The Bertz CT molecular complexity index is 1340. The Kier molecular flexibility index (Phi) is 5.11. The largest absolute Gasteiger partial charge is 0.467 e. The molecule has 0 N–H and O–H groups in total. The van der Waals surface area contributed by atoms with Crippen LogP contribution in [0.2, 0.25) is 0 Å². The highest BCUT2D eigenvalue weighted by atomic mass is 79.9. The van der Waals surface area contributed by atoms with Gasteiger partial charge in [0, 0.05) is 4.47 Å². The summed E-state index contributed by atoms with van der Waals surface area (Å²) >= 11 is 5.01. The first kappa shape index (κ1) is 19.0. The number of hydrogen-bond acceptors (Lipinski definition) is 4. The monoisotopic (exact) mass is 476 g/mol. The van der Waals surface area contributed by atoms with E-state index in [0.717, 1.165) is 36.8 Å².